The van der Waals surface area contributed by atoms with E-state index in [2.05, 4.69) is 15.5 Å². The Morgan fingerprint density at radius 2 is 1.65 bits per heavy atom. The summed E-state index contributed by atoms with van der Waals surface area (Å²) in [7, 11) is 0. The molecule has 0 aliphatic carbocycles. The number of nitrogen functional groups attached to an aromatic ring is 1. The van der Waals surface area contributed by atoms with Gasteiger partial charge in [-0.2, -0.15) is 0 Å². The topological polar surface area (TPSA) is 85.8 Å². The minimum Gasteiger partial charge on any atom is -0.399 e. The van der Waals surface area contributed by atoms with Gasteiger partial charge in [0.25, 0.3) is 0 Å². The third-order valence-electron chi connectivity index (χ3n) is 4.87. The van der Waals surface area contributed by atoms with Crippen LogP contribution in [0.2, 0.25) is 0 Å². The van der Waals surface area contributed by atoms with Gasteiger partial charge in [-0.05, 0) is 61.9 Å². The van der Waals surface area contributed by atoms with Crippen LogP contribution in [-0.2, 0) is 4.79 Å². The molecule has 1 aromatic heterocycles. The first-order chi connectivity index (χ1) is 15.0. The fourth-order valence-electron chi connectivity index (χ4n) is 3.13. The molecule has 1 amide bonds. The fraction of sp³-hybridized carbons (Fsp3) is 0.125. The number of hydrogen-bond donors (Lipinski definition) is 2. The van der Waals surface area contributed by atoms with Crippen LogP contribution in [0.4, 0.5) is 11.4 Å². The average Bonchev–Trinajstić information content (AvgIpc) is 3.19. The van der Waals surface area contributed by atoms with Gasteiger partial charge in [-0.3, -0.25) is 9.36 Å². The van der Waals surface area contributed by atoms with Gasteiger partial charge in [0, 0.05) is 22.6 Å². The van der Waals surface area contributed by atoms with E-state index < -0.39 is 0 Å². The number of nitrogens with two attached hydrogens (primary N) is 1. The van der Waals surface area contributed by atoms with Gasteiger partial charge in [0.1, 0.15) is 0 Å². The lowest BCUT2D eigenvalue weighted by atomic mass is 10.2. The summed E-state index contributed by atoms with van der Waals surface area (Å²) in [5, 5.41) is 12.1. The number of hydrogen-bond acceptors (Lipinski definition) is 5. The van der Waals surface area contributed by atoms with Crippen LogP contribution < -0.4 is 11.1 Å². The fourth-order valence-corrected chi connectivity index (χ4v) is 4.00. The van der Waals surface area contributed by atoms with Crippen LogP contribution in [0, 0.1) is 6.92 Å². The molecule has 0 unspecified atom stereocenters. The van der Waals surface area contributed by atoms with Gasteiger partial charge in [0.05, 0.1) is 5.25 Å². The molecule has 1 heterocycles. The monoisotopic (exact) mass is 429 g/mol. The van der Waals surface area contributed by atoms with Crippen LogP contribution in [0.5, 0.6) is 0 Å². The standard InChI is InChI=1S/C24H23N5OS/c1-16-8-6-7-11-21(16)26-23(30)17(2)31-24-28-27-22(18-12-14-19(25)15-13-18)29(24)20-9-4-3-5-10-20/h3-15,17H,25H2,1-2H3,(H,26,30)/t17-/m1/s1. The number of para-hydroxylation sites is 2. The maximum absolute atomic E-state index is 12.8. The second-order valence-electron chi connectivity index (χ2n) is 7.16. The Bertz CT molecular complexity index is 1190. The molecule has 3 aromatic carbocycles. The van der Waals surface area contributed by atoms with E-state index >= 15 is 0 Å². The van der Waals surface area contributed by atoms with E-state index in [0.717, 1.165) is 22.5 Å². The second-order valence-corrected chi connectivity index (χ2v) is 8.47. The third kappa shape index (κ3) is 4.62. The molecule has 6 nitrogen and oxygen atoms in total. The summed E-state index contributed by atoms with van der Waals surface area (Å²) in [6.07, 6.45) is 0. The van der Waals surface area contributed by atoms with Crippen molar-refractivity contribution in [1.29, 1.82) is 0 Å². The van der Waals surface area contributed by atoms with Gasteiger partial charge >= 0.3 is 0 Å². The molecule has 0 saturated heterocycles. The van der Waals surface area contributed by atoms with Crippen LogP contribution in [0.3, 0.4) is 0 Å². The molecule has 1 atom stereocenters. The minimum absolute atomic E-state index is 0.0871. The van der Waals surface area contributed by atoms with Crippen molar-refractivity contribution < 1.29 is 4.79 Å². The zero-order chi connectivity index (χ0) is 21.8. The largest absolute Gasteiger partial charge is 0.399 e. The van der Waals surface area contributed by atoms with Crippen molar-refractivity contribution in [3.05, 3.63) is 84.4 Å². The van der Waals surface area contributed by atoms with Crippen LogP contribution in [0.1, 0.15) is 12.5 Å². The van der Waals surface area contributed by atoms with Crippen molar-refractivity contribution >= 4 is 29.0 Å². The second kappa shape index (κ2) is 9.06. The molecule has 4 aromatic rings. The zero-order valence-corrected chi connectivity index (χ0v) is 18.1. The highest BCUT2D eigenvalue weighted by atomic mass is 32.2. The predicted molar refractivity (Wildman–Crippen MR) is 126 cm³/mol. The first kappa shape index (κ1) is 20.7. The molecule has 0 spiro atoms. The number of aryl methyl sites for hydroxylation is 1. The molecule has 7 heteroatoms. The van der Waals surface area contributed by atoms with E-state index in [9.17, 15) is 4.79 Å². The first-order valence-electron chi connectivity index (χ1n) is 9.93. The van der Waals surface area contributed by atoms with E-state index in [1.54, 1.807) is 0 Å². The van der Waals surface area contributed by atoms with Gasteiger partial charge in [0.2, 0.25) is 5.91 Å². The molecule has 0 fully saturated rings. The van der Waals surface area contributed by atoms with Crippen LogP contribution in [0.25, 0.3) is 17.1 Å². The number of carbonyl (C=O) groups is 1. The normalized spacial score (nSPS) is 11.8. The molecule has 0 saturated carbocycles. The number of benzene rings is 3. The highest BCUT2D eigenvalue weighted by molar-refractivity contribution is 8.00. The molecule has 31 heavy (non-hydrogen) atoms. The molecular weight excluding hydrogens is 406 g/mol. The summed E-state index contributed by atoms with van der Waals surface area (Å²) in [6, 6.07) is 25.1. The van der Waals surface area contributed by atoms with Crippen molar-refractivity contribution in [1.82, 2.24) is 14.8 Å². The zero-order valence-electron chi connectivity index (χ0n) is 17.3. The van der Waals surface area contributed by atoms with Crippen molar-refractivity contribution in [2.45, 2.75) is 24.3 Å². The Labute approximate surface area is 185 Å². The summed E-state index contributed by atoms with van der Waals surface area (Å²) in [4.78, 5) is 12.8. The van der Waals surface area contributed by atoms with Crippen molar-refractivity contribution in [2.24, 2.45) is 0 Å². The number of carbonyl (C=O) groups excluding carboxylic acids is 1. The lowest BCUT2D eigenvalue weighted by Gasteiger charge is -2.15. The van der Waals surface area contributed by atoms with Crippen LogP contribution in [-0.4, -0.2) is 25.9 Å². The number of nitrogens with one attached hydrogen (secondary N) is 1. The molecule has 0 bridgehead atoms. The van der Waals surface area contributed by atoms with Gasteiger partial charge in [-0.15, -0.1) is 10.2 Å². The van der Waals surface area contributed by atoms with Gasteiger partial charge < -0.3 is 11.1 Å². The van der Waals surface area contributed by atoms with Gasteiger partial charge in [-0.1, -0.05) is 48.2 Å². The summed E-state index contributed by atoms with van der Waals surface area (Å²) in [5.41, 5.74) is 10.2. The SMILES string of the molecule is Cc1ccccc1NC(=O)[C@@H](C)Sc1nnc(-c2ccc(N)cc2)n1-c1ccccc1. The smallest absolute Gasteiger partial charge is 0.237 e. The highest BCUT2D eigenvalue weighted by Crippen LogP contribution is 2.31. The highest BCUT2D eigenvalue weighted by Gasteiger charge is 2.22. The summed E-state index contributed by atoms with van der Waals surface area (Å²) in [5.74, 6) is 0.608. The number of nitrogens with zero attached hydrogens (tertiary/aromatic N) is 3. The van der Waals surface area contributed by atoms with Crippen LogP contribution in [0.15, 0.2) is 84.0 Å². The summed E-state index contributed by atoms with van der Waals surface area (Å²) < 4.78 is 1.97. The molecule has 156 valence electrons. The lowest BCUT2D eigenvalue weighted by Crippen LogP contribution is -2.23. The molecule has 4 rings (SSSR count). The summed E-state index contributed by atoms with van der Waals surface area (Å²) in [6.45, 7) is 3.84. The number of anilines is 2. The Balaban J connectivity index is 1.64. The van der Waals surface area contributed by atoms with Gasteiger partial charge in [0.15, 0.2) is 11.0 Å². The van der Waals surface area contributed by atoms with E-state index in [1.807, 2.05) is 97.3 Å². The number of thioether (sulfide) groups is 1. The van der Waals surface area contributed by atoms with Crippen molar-refractivity contribution in [3.63, 3.8) is 0 Å². The van der Waals surface area contributed by atoms with Gasteiger partial charge in [-0.25, -0.2) is 0 Å². The molecule has 3 N–H and O–H groups in total. The van der Waals surface area contributed by atoms with E-state index in [4.69, 9.17) is 5.73 Å². The Morgan fingerprint density at radius 3 is 2.35 bits per heavy atom. The molecule has 0 aliphatic heterocycles. The van der Waals surface area contributed by atoms with E-state index in [0.29, 0.717) is 16.7 Å². The van der Waals surface area contributed by atoms with E-state index in [1.165, 1.54) is 11.8 Å². The average molecular weight is 430 g/mol. The minimum atomic E-state index is -0.370. The Kier molecular flexibility index (Phi) is 6.04. The molecular formula is C24H23N5OS. The predicted octanol–water partition coefficient (Wildman–Crippen LogP) is 4.94. The molecule has 0 radical (unpaired) electrons. The first-order valence-corrected chi connectivity index (χ1v) is 10.8. The van der Waals surface area contributed by atoms with E-state index in [-0.39, 0.29) is 11.2 Å². The Hall–Kier alpha value is -3.58. The third-order valence-corrected chi connectivity index (χ3v) is 5.91. The number of amides is 1. The quantitative estimate of drug-likeness (QED) is 0.335. The maximum Gasteiger partial charge on any atom is 0.237 e. The van der Waals surface area contributed by atoms with Crippen molar-refractivity contribution in [3.8, 4) is 17.1 Å². The molecule has 0 aliphatic rings. The summed E-state index contributed by atoms with van der Waals surface area (Å²) >= 11 is 1.37. The Morgan fingerprint density at radius 1 is 0.968 bits per heavy atom. The van der Waals surface area contributed by atoms with Crippen molar-refractivity contribution in [2.75, 3.05) is 11.1 Å². The maximum atomic E-state index is 12.8. The number of aromatic nitrogens is 3. The number of rotatable bonds is 6. The van der Waals surface area contributed by atoms with Crippen LogP contribution >= 0.6 is 11.8 Å². The lowest BCUT2D eigenvalue weighted by molar-refractivity contribution is -0.115.